The van der Waals surface area contributed by atoms with Crippen LogP contribution in [0.4, 0.5) is 4.79 Å². The van der Waals surface area contributed by atoms with Crippen LogP contribution >= 0.6 is 0 Å². The number of aliphatic hydroxyl groups is 4. The minimum Gasteiger partial charge on any atom is -0.441 e. The van der Waals surface area contributed by atoms with Gasteiger partial charge in [0, 0.05) is 6.42 Å². The normalized spacial score (nSPS) is 29.9. The lowest BCUT2D eigenvalue weighted by Gasteiger charge is -2.43. The molecule has 5 atom stereocenters. The fourth-order valence-electron chi connectivity index (χ4n) is 2.87. The van der Waals surface area contributed by atoms with Gasteiger partial charge in [0.25, 0.3) is 5.95 Å². The molecule has 0 spiro atoms. The largest absolute Gasteiger partial charge is 0.441 e. The van der Waals surface area contributed by atoms with E-state index in [1.807, 2.05) is 0 Å². The quantitative estimate of drug-likeness (QED) is 0.447. The van der Waals surface area contributed by atoms with E-state index in [2.05, 4.69) is 6.58 Å². The van der Waals surface area contributed by atoms with Crippen molar-refractivity contribution >= 4 is 12.0 Å². The summed E-state index contributed by atoms with van der Waals surface area (Å²) in [5.41, 5.74) is 0. The van der Waals surface area contributed by atoms with Crippen LogP contribution in [-0.2, 0) is 23.7 Å². The minimum absolute atomic E-state index is 0.00663. The maximum atomic E-state index is 12.6. The number of ether oxygens (including phenoxy) is 4. The summed E-state index contributed by atoms with van der Waals surface area (Å²) in [4.78, 5) is 25.6. The molecule has 0 bridgehead atoms. The van der Waals surface area contributed by atoms with Crippen LogP contribution in [0, 0.1) is 0 Å². The van der Waals surface area contributed by atoms with Crippen molar-refractivity contribution in [2.45, 2.75) is 57.3 Å². The molecule has 2 heterocycles. The monoisotopic (exact) mass is 403 g/mol. The topological polar surface area (TPSA) is 155 Å². The average Bonchev–Trinajstić information content (AvgIpc) is 2.97. The van der Waals surface area contributed by atoms with E-state index in [1.54, 1.807) is 13.8 Å². The summed E-state index contributed by atoms with van der Waals surface area (Å²) in [5.74, 6) is -0.242. The maximum absolute atomic E-state index is 12.6. The summed E-state index contributed by atoms with van der Waals surface area (Å²) in [6.07, 6.45) is -7.39. The Kier molecular flexibility index (Phi) is 7.38. The highest BCUT2D eigenvalue weighted by atomic mass is 16.7. The van der Waals surface area contributed by atoms with E-state index in [1.165, 1.54) is 0 Å². The number of hydrogen-bond donors (Lipinski definition) is 4. The van der Waals surface area contributed by atoms with E-state index in [4.69, 9.17) is 24.1 Å². The zero-order chi connectivity index (χ0) is 21.0. The van der Waals surface area contributed by atoms with Gasteiger partial charge in [-0.25, -0.2) is 9.69 Å². The zero-order valence-electron chi connectivity index (χ0n) is 15.6. The van der Waals surface area contributed by atoms with Gasteiger partial charge in [-0.2, -0.15) is 0 Å². The van der Waals surface area contributed by atoms with Crippen molar-refractivity contribution in [3.8, 4) is 0 Å². The van der Waals surface area contributed by atoms with Gasteiger partial charge in [0.15, 0.2) is 18.7 Å². The van der Waals surface area contributed by atoms with Gasteiger partial charge in [0.1, 0.15) is 30.1 Å². The maximum Gasteiger partial charge on any atom is 0.417 e. The van der Waals surface area contributed by atoms with E-state index in [9.17, 15) is 24.9 Å². The molecule has 0 saturated carbocycles. The summed E-state index contributed by atoms with van der Waals surface area (Å²) in [6.45, 7) is 5.66. The van der Waals surface area contributed by atoms with Gasteiger partial charge in [-0.3, -0.25) is 4.79 Å². The van der Waals surface area contributed by atoms with Crippen LogP contribution in [0.5, 0.6) is 0 Å². The number of imide groups is 1. The molecule has 11 heteroatoms. The summed E-state index contributed by atoms with van der Waals surface area (Å²) in [7, 11) is 0. The first-order valence-electron chi connectivity index (χ1n) is 8.74. The average molecular weight is 403 g/mol. The third-order valence-corrected chi connectivity index (χ3v) is 4.32. The Bertz CT molecular complexity index is 648. The van der Waals surface area contributed by atoms with Gasteiger partial charge < -0.3 is 39.4 Å². The fourth-order valence-corrected chi connectivity index (χ4v) is 2.87. The van der Waals surface area contributed by atoms with Crippen molar-refractivity contribution in [1.82, 2.24) is 4.90 Å². The Balaban J connectivity index is 2.19. The molecule has 1 unspecified atom stereocenters. The minimum atomic E-state index is -1.84. The molecule has 0 aliphatic carbocycles. The molecule has 1 saturated heterocycles. The first-order chi connectivity index (χ1) is 13.2. The smallest absolute Gasteiger partial charge is 0.417 e. The second-order valence-corrected chi connectivity index (χ2v) is 6.34. The molecule has 0 aromatic heterocycles. The lowest BCUT2D eigenvalue weighted by atomic mass is 9.95. The number of nitrogens with zero attached hydrogens (tertiary/aromatic N) is 1. The van der Waals surface area contributed by atoms with Crippen LogP contribution in [0.1, 0.15) is 26.7 Å². The van der Waals surface area contributed by atoms with Crippen molar-refractivity contribution < 1.29 is 49.0 Å². The fraction of sp³-hybridized carbons (Fsp3) is 0.647. The Labute approximate surface area is 161 Å². The molecule has 2 aliphatic rings. The lowest BCUT2D eigenvalue weighted by molar-refractivity contribution is -0.267. The molecule has 0 aromatic rings. The highest BCUT2D eigenvalue weighted by molar-refractivity contribution is 5.92. The molecule has 0 aromatic carbocycles. The molecule has 11 nitrogen and oxygen atoms in total. The molecule has 158 valence electrons. The van der Waals surface area contributed by atoms with Gasteiger partial charge in [-0.1, -0.05) is 6.92 Å². The van der Waals surface area contributed by atoms with Crippen molar-refractivity contribution in [3.05, 3.63) is 24.0 Å². The molecular weight excluding hydrogens is 378 g/mol. The van der Waals surface area contributed by atoms with Crippen LogP contribution in [0.3, 0.4) is 0 Å². The third kappa shape index (κ3) is 4.62. The van der Waals surface area contributed by atoms with Gasteiger partial charge in [0.2, 0.25) is 5.91 Å². The molecule has 28 heavy (non-hydrogen) atoms. The second kappa shape index (κ2) is 9.34. The highest BCUT2D eigenvalue weighted by Gasteiger charge is 2.50. The van der Waals surface area contributed by atoms with E-state index in [0.717, 1.165) is 0 Å². The summed E-state index contributed by atoms with van der Waals surface area (Å²) in [6, 6.07) is -1.63. The van der Waals surface area contributed by atoms with E-state index < -0.39 is 49.3 Å². The Morgan fingerprint density at radius 1 is 1.21 bits per heavy atom. The molecule has 2 amide bonds. The zero-order valence-corrected chi connectivity index (χ0v) is 15.6. The van der Waals surface area contributed by atoms with Crippen LogP contribution in [0.2, 0.25) is 0 Å². The molecular formula is C17H25NO10. The third-order valence-electron chi connectivity index (χ3n) is 4.32. The van der Waals surface area contributed by atoms with Crippen molar-refractivity contribution in [3.63, 3.8) is 0 Å². The molecule has 2 aliphatic heterocycles. The highest BCUT2D eigenvalue weighted by Crippen LogP contribution is 2.27. The number of allylic oxidation sites excluding steroid dienone is 1. The van der Waals surface area contributed by atoms with Gasteiger partial charge in [-0.05, 0) is 19.9 Å². The molecule has 1 fully saturated rings. The van der Waals surface area contributed by atoms with E-state index >= 15 is 0 Å². The Morgan fingerprint density at radius 3 is 2.43 bits per heavy atom. The van der Waals surface area contributed by atoms with Crippen molar-refractivity contribution in [2.24, 2.45) is 0 Å². The molecule has 4 N–H and O–H groups in total. The molecule has 0 radical (unpaired) electrons. The van der Waals surface area contributed by atoms with Crippen LogP contribution in [0.15, 0.2) is 24.0 Å². The van der Waals surface area contributed by atoms with Gasteiger partial charge in [-0.15, -0.1) is 0 Å². The Hall–Kier alpha value is -2.18. The standard InChI is InChI=1S/C17H25NO10/c1-4-5-12(20)18(13-15(22)14(21)10(6-19)28-16(13)23)17(24)25-7-11-8(2)26-9(3)27-11/h10,13-16,19,21-23H,3-7H2,1-2H3/t10-,13-,14-,15-,16?/m1/s1. The predicted molar refractivity (Wildman–Crippen MR) is 90.9 cm³/mol. The Morgan fingerprint density at radius 2 is 1.89 bits per heavy atom. The number of carbonyl (C=O) groups excluding carboxylic acids is 2. The number of carbonyl (C=O) groups is 2. The second-order valence-electron chi connectivity index (χ2n) is 6.34. The predicted octanol–water partition coefficient (Wildman–Crippen LogP) is -0.699. The lowest BCUT2D eigenvalue weighted by Crippen LogP contribution is -2.66. The van der Waals surface area contributed by atoms with E-state index in [-0.39, 0.29) is 24.7 Å². The van der Waals surface area contributed by atoms with Crippen LogP contribution < -0.4 is 0 Å². The van der Waals surface area contributed by atoms with Gasteiger partial charge in [0.05, 0.1) is 6.61 Å². The summed E-state index contributed by atoms with van der Waals surface area (Å²) < 4.78 is 20.3. The van der Waals surface area contributed by atoms with Crippen LogP contribution in [0.25, 0.3) is 0 Å². The van der Waals surface area contributed by atoms with Crippen molar-refractivity contribution in [1.29, 1.82) is 0 Å². The SMILES string of the molecule is C=C1OC(C)=C(COC(=O)N(C(=O)CCC)[C@H]2C(O)O[C@H](CO)[C@@H](O)[C@@H]2O)O1. The van der Waals surface area contributed by atoms with Crippen LogP contribution in [-0.4, -0.2) is 81.2 Å². The first kappa shape index (κ1) is 22.1. The summed E-state index contributed by atoms with van der Waals surface area (Å²) in [5, 5.41) is 39.7. The van der Waals surface area contributed by atoms with E-state index in [0.29, 0.717) is 17.1 Å². The number of rotatable bonds is 6. The number of aliphatic hydroxyl groups excluding tert-OH is 4. The van der Waals surface area contributed by atoms with Crippen molar-refractivity contribution in [2.75, 3.05) is 13.2 Å². The number of amides is 2. The van der Waals surface area contributed by atoms with Gasteiger partial charge >= 0.3 is 6.09 Å². The molecule has 2 rings (SSSR count). The first-order valence-corrected chi connectivity index (χ1v) is 8.74. The summed E-state index contributed by atoms with van der Waals surface area (Å²) >= 11 is 0. The number of hydrogen-bond acceptors (Lipinski definition) is 10.